The molecule has 228 valence electrons. The van der Waals surface area contributed by atoms with Crippen LogP contribution in [0, 0.1) is 17.7 Å². The zero-order valence-electron chi connectivity index (χ0n) is 24.0. The molecule has 0 spiro atoms. The zero-order chi connectivity index (χ0) is 29.7. The van der Waals surface area contributed by atoms with Crippen molar-refractivity contribution < 1.29 is 31.6 Å². The Morgan fingerprint density at radius 1 is 1.10 bits per heavy atom. The summed E-state index contributed by atoms with van der Waals surface area (Å²) in [6.07, 6.45) is 16.8. The highest BCUT2D eigenvalue weighted by Crippen LogP contribution is 2.50. The van der Waals surface area contributed by atoms with Gasteiger partial charge in [0.25, 0.3) is 11.8 Å². The summed E-state index contributed by atoms with van der Waals surface area (Å²) in [5.74, 6) is -0.459. The molecule has 4 atom stereocenters. The smallest absolute Gasteiger partial charge is 0.273 e. The summed E-state index contributed by atoms with van der Waals surface area (Å²) in [6.45, 7) is 0.603. The van der Waals surface area contributed by atoms with Gasteiger partial charge in [-0.2, -0.15) is 0 Å². The van der Waals surface area contributed by atoms with Crippen LogP contribution in [0.3, 0.4) is 0 Å². The van der Waals surface area contributed by atoms with E-state index in [1.165, 1.54) is 63.0 Å². The normalized spacial score (nSPS) is 24.3. The second-order valence-electron chi connectivity index (χ2n) is 11.9. The largest absolute Gasteiger partial charge is 0.448 e. The molecule has 2 amide bonds. The summed E-state index contributed by atoms with van der Waals surface area (Å²) in [7, 11) is -3.70. The molecule has 4 unspecified atom stereocenters. The minimum absolute atomic E-state index is 0.0676. The van der Waals surface area contributed by atoms with Crippen molar-refractivity contribution in [2.45, 2.75) is 88.8 Å². The fraction of sp³-hybridized carbons (Fsp3) is 0.581. The van der Waals surface area contributed by atoms with Crippen LogP contribution in [0.5, 0.6) is 0 Å². The second kappa shape index (κ2) is 13.5. The first kappa shape index (κ1) is 30.4. The lowest BCUT2D eigenvalue weighted by Gasteiger charge is -2.26. The number of carbonyl (C=O) groups excluding carboxylic acids is 2. The van der Waals surface area contributed by atoms with Crippen molar-refractivity contribution in [3.05, 3.63) is 59.1 Å². The van der Waals surface area contributed by atoms with Gasteiger partial charge in [0.15, 0.2) is 5.69 Å². The van der Waals surface area contributed by atoms with Crippen LogP contribution in [0.25, 0.3) is 6.08 Å². The minimum atomic E-state index is -3.70. The van der Waals surface area contributed by atoms with Crippen LogP contribution in [0.15, 0.2) is 35.0 Å². The summed E-state index contributed by atoms with van der Waals surface area (Å²) in [5, 5.41) is 2.96. The number of fused-ring (bicyclic) bond motifs is 2. The van der Waals surface area contributed by atoms with Gasteiger partial charge in [-0.05, 0) is 60.9 Å². The predicted molar refractivity (Wildman–Crippen MR) is 156 cm³/mol. The van der Waals surface area contributed by atoms with Gasteiger partial charge < -0.3 is 14.5 Å². The van der Waals surface area contributed by atoms with Crippen molar-refractivity contribution >= 4 is 27.9 Å². The number of amides is 2. The summed E-state index contributed by atoms with van der Waals surface area (Å²) < 4.78 is 50.9. The SMILES string of the molecule is CS(=O)(=O)NC(=O)/C=C/c1ccc(F)cc1CC1C2CCC(O2)C1c1nc(C(=O)NCCCCC2CCCCC2)co1. The molecule has 0 radical (unpaired) electrons. The molecule has 2 N–H and O–H groups in total. The molecule has 5 rings (SSSR count). The number of unbranched alkanes of at least 4 members (excludes halogenated alkanes) is 1. The van der Waals surface area contributed by atoms with E-state index < -0.39 is 21.7 Å². The number of hydrogen-bond donors (Lipinski definition) is 2. The van der Waals surface area contributed by atoms with E-state index in [4.69, 9.17) is 9.15 Å². The number of benzene rings is 1. The van der Waals surface area contributed by atoms with Crippen LogP contribution in [0.2, 0.25) is 0 Å². The van der Waals surface area contributed by atoms with Crippen LogP contribution >= 0.6 is 0 Å². The van der Waals surface area contributed by atoms with Crippen molar-refractivity contribution in [1.82, 2.24) is 15.0 Å². The number of halogens is 1. The number of oxazole rings is 1. The lowest BCUT2D eigenvalue weighted by molar-refractivity contribution is -0.114. The molecular weight excluding hydrogens is 561 g/mol. The third-order valence-corrected chi connectivity index (χ3v) is 9.35. The summed E-state index contributed by atoms with van der Waals surface area (Å²) in [4.78, 5) is 29.3. The molecule has 9 nitrogen and oxygen atoms in total. The fourth-order valence-corrected chi connectivity index (χ4v) is 7.23. The van der Waals surface area contributed by atoms with Gasteiger partial charge >= 0.3 is 0 Å². The first-order valence-electron chi connectivity index (χ1n) is 15.0. The number of rotatable bonds is 12. The number of nitrogens with zero attached hydrogens (tertiary/aromatic N) is 1. The van der Waals surface area contributed by atoms with Crippen LogP contribution < -0.4 is 10.0 Å². The van der Waals surface area contributed by atoms with Crippen LogP contribution in [-0.2, 0) is 26.0 Å². The van der Waals surface area contributed by atoms with Gasteiger partial charge in [0.1, 0.15) is 12.1 Å². The van der Waals surface area contributed by atoms with E-state index in [1.54, 1.807) is 6.07 Å². The maximum atomic E-state index is 14.3. The second-order valence-corrected chi connectivity index (χ2v) is 13.7. The van der Waals surface area contributed by atoms with E-state index in [9.17, 15) is 22.4 Å². The topological polar surface area (TPSA) is 128 Å². The van der Waals surface area contributed by atoms with Crippen LogP contribution in [-0.4, -0.2) is 50.2 Å². The Hall–Kier alpha value is -3.05. The molecule has 1 saturated carbocycles. The molecular formula is C31H40FN3O6S. The Morgan fingerprint density at radius 2 is 1.88 bits per heavy atom. The Labute approximate surface area is 246 Å². The van der Waals surface area contributed by atoms with Gasteiger partial charge in [0, 0.05) is 18.5 Å². The fourth-order valence-electron chi connectivity index (χ4n) is 6.80. The van der Waals surface area contributed by atoms with Gasteiger partial charge in [-0.25, -0.2) is 22.5 Å². The molecule has 2 aromatic rings. The molecule has 3 heterocycles. The number of ether oxygens (including phenoxy) is 1. The van der Waals surface area contributed by atoms with Crippen molar-refractivity contribution in [3.8, 4) is 0 Å². The Balaban J connectivity index is 1.21. The molecule has 2 aliphatic heterocycles. The van der Waals surface area contributed by atoms with Crippen LogP contribution in [0.1, 0.15) is 97.6 Å². The number of nitrogens with one attached hydrogen (secondary N) is 2. The van der Waals surface area contributed by atoms with E-state index in [0.29, 0.717) is 30.0 Å². The third kappa shape index (κ3) is 7.86. The van der Waals surface area contributed by atoms with Gasteiger partial charge in [-0.3, -0.25) is 9.59 Å². The van der Waals surface area contributed by atoms with Crippen molar-refractivity contribution in [2.24, 2.45) is 11.8 Å². The Morgan fingerprint density at radius 3 is 2.67 bits per heavy atom. The first-order valence-corrected chi connectivity index (χ1v) is 16.9. The van der Waals surface area contributed by atoms with E-state index in [-0.39, 0.29) is 35.6 Å². The molecule has 1 aromatic carbocycles. The van der Waals surface area contributed by atoms with Crippen LogP contribution in [0.4, 0.5) is 4.39 Å². The quantitative estimate of drug-likeness (QED) is 0.262. The monoisotopic (exact) mass is 601 g/mol. The summed E-state index contributed by atoms with van der Waals surface area (Å²) in [6, 6.07) is 4.27. The van der Waals surface area contributed by atoms with E-state index >= 15 is 0 Å². The molecule has 2 bridgehead atoms. The lowest BCUT2D eigenvalue weighted by atomic mass is 9.75. The number of carbonyl (C=O) groups is 2. The molecule has 3 aliphatic rings. The highest BCUT2D eigenvalue weighted by atomic mass is 32.2. The molecule has 42 heavy (non-hydrogen) atoms. The number of hydrogen-bond acceptors (Lipinski definition) is 7. The predicted octanol–water partition coefficient (Wildman–Crippen LogP) is 4.89. The highest BCUT2D eigenvalue weighted by Gasteiger charge is 2.51. The minimum Gasteiger partial charge on any atom is -0.448 e. The van der Waals surface area contributed by atoms with E-state index in [0.717, 1.165) is 43.9 Å². The molecule has 11 heteroatoms. The number of aromatic nitrogens is 1. The van der Waals surface area contributed by atoms with Gasteiger partial charge in [0.05, 0.1) is 24.4 Å². The maximum absolute atomic E-state index is 14.3. The van der Waals surface area contributed by atoms with Crippen molar-refractivity contribution in [1.29, 1.82) is 0 Å². The Kier molecular flexibility index (Phi) is 9.77. The molecule has 1 aliphatic carbocycles. The molecule has 3 fully saturated rings. The van der Waals surface area contributed by atoms with Gasteiger partial charge in [-0.15, -0.1) is 0 Å². The van der Waals surface area contributed by atoms with E-state index in [2.05, 4.69) is 10.3 Å². The Bertz CT molecular complexity index is 1400. The maximum Gasteiger partial charge on any atom is 0.273 e. The lowest BCUT2D eigenvalue weighted by Crippen LogP contribution is -2.28. The van der Waals surface area contributed by atoms with Gasteiger partial charge in [0.2, 0.25) is 15.9 Å². The third-order valence-electron chi connectivity index (χ3n) is 8.77. The van der Waals surface area contributed by atoms with Gasteiger partial charge in [-0.1, -0.05) is 51.0 Å². The number of sulfonamides is 1. The molecule has 2 saturated heterocycles. The average molecular weight is 602 g/mol. The highest BCUT2D eigenvalue weighted by molar-refractivity contribution is 7.89. The average Bonchev–Trinajstić information content (AvgIpc) is 3.69. The van der Waals surface area contributed by atoms with E-state index in [1.807, 2.05) is 4.72 Å². The van der Waals surface area contributed by atoms with Crippen molar-refractivity contribution in [2.75, 3.05) is 12.8 Å². The first-order chi connectivity index (χ1) is 20.2. The zero-order valence-corrected chi connectivity index (χ0v) is 24.8. The summed E-state index contributed by atoms with van der Waals surface area (Å²) >= 11 is 0. The molecule has 1 aromatic heterocycles. The van der Waals surface area contributed by atoms with Crippen molar-refractivity contribution in [3.63, 3.8) is 0 Å². The summed E-state index contributed by atoms with van der Waals surface area (Å²) in [5.41, 5.74) is 1.49. The standard InChI is InChI=1S/C31H40FN3O6S/c1-42(38,39)35-28(36)15-11-21-10-12-23(32)17-22(21)18-24-26-13-14-27(41-26)29(24)31-34-25(19-40-31)30(37)33-16-6-5-9-20-7-3-2-4-8-20/h10-12,15,17,19-20,24,26-27,29H,2-9,13-14,16,18H2,1H3,(H,33,37)(H,35,36)/b15-11+.